The molecule has 9 heteroatoms. The van der Waals surface area contributed by atoms with Gasteiger partial charge in [-0.2, -0.15) is 0 Å². The SMILES string of the molecule is O=C1Nc2sc(Cl)c(-c3ccc(F)cc3O)c2C(=O)C1(F)c1cccc(F)c1. The third kappa shape index (κ3) is 2.60. The van der Waals surface area contributed by atoms with Gasteiger partial charge in [0.25, 0.3) is 11.6 Å². The molecule has 1 aliphatic rings. The first kappa shape index (κ1) is 18.5. The fourth-order valence-electron chi connectivity index (χ4n) is 3.09. The first-order valence-corrected chi connectivity index (χ1v) is 9.05. The Kier molecular flexibility index (Phi) is 4.20. The highest BCUT2D eigenvalue weighted by atomic mass is 35.5. The molecule has 0 bridgehead atoms. The van der Waals surface area contributed by atoms with Crippen LogP contribution in [0.2, 0.25) is 4.34 Å². The maximum Gasteiger partial charge on any atom is 0.276 e. The summed E-state index contributed by atoms with van der Waals surface area (Å²) in [5.41, 5.74) is -3.98. The minimum Gasteiger partial charge on any atom is -0.507 e. The van der Waals surface area contributed by atoms with Crippen molar-refractivity contribution in [2.75, 3.05) is 5.32 Å². The number of halogens is 4. The van der Waals surface area contributed by atoms with Crippen molar-refractivity contribution in [3.63, 3.8) is 0 Å². The van der Waals surface area contributed by atoms with Crippen LogP contribution in [0.5, 0.6) is 5.75 Å². The second kappa shape index (κ2) is 6.35. The van der Waals surface area contributed by atoms with Crippen molar-refractivity contribution in [3.05, 3.63) is 69.6 Å². The third-order valence-corrected chi connectivity index (χ3v) is 5.71. The number of nitrogens with one attached hydrogen (secondary N) is 1. The molecule has 0 fully saturated rings. The quantitative estimate of drug-likeness (QED) is 0.567. The highest BCUT2D eigenvalue weighted by Gasteiger charge is 2.54. The summed E-state index contributed by atoms with van der Waals surface area (Å²) in [4.78, 5) is 25.5. The van der Waals surface area contributed by atoms with Crippen molar-refractivity contribution in [1.29, 1.82) is 0 Å². The van der Waals surface area contributed by atoms with Crippen LogP contribution in [0.4, 0.5) is 18.2 Å². The van der Waals surface area contributed by atoms with Gasteiger partial charge in [-0.1, -0.05) is 23.7 Å². The number of ketones is 1. The van der Waals surface area contributed by atoms with Gasteiger partial charge in [0.1, 0.15) is 26.7 Å². The number of hydrogen-bond donors (Lipinski definition) is 2. The van der Waals surface area contributed by atoms with Crippen molar-refractivity contribution in [3.8, 4) is 16.9 Å². The summed E-state index contributed by atoms with van der Waals surface area (Å²) >= 11 is 6.98. The van der Waals surface area contributed by atoms with E-state index in [1.807, 2.05) is 0 Å². The number of amides is 1. The molecule has 2 N–H and O–H groups in total. The first-order valence-electron chi connectivity index (χ1n) is 7.86. The van der Waals surface area contributed by atoms with E-state index in [1.54, 1.807) is 0 Å². The Morgan fingerprint density at radius 3 is 2.43 bits per heavy atom. The lowest BCUT2D eigenvalue weighted by atomic mass is 9.83. The van der Waals surface area contributed by atoms with Crippen LogP contribution in [0.3, 0.4) is 0 Å². The number of aromatic hydroxyl groups is 1. The van der Waals surface area contributed by atoms with Gasteiger partial charge < -0.3 is 10.4 Å². The van der Waals surface area contributed by atoms with Crippen LogP contribution in [0.15, 0.2) is 42.5 Å². The Balaban J connectivity index is 1.95. The number of thiophene rings is 1. The highest BCUT2D eigenvalue weighted by molar-refractivity contribution is 7.21. The van der Waals surface area contributed by atoms with E-state index < -0.39 is 40.3 Å². The smallest absolute Gasteiger partial charge is 0.276 e. The highest BCUT2D eigenvalue weighted by Crippen LogP contribution is 2.51. The van der Waals surface area contributed by atoms with Crippen molar-refractivity contribution in [1.82, 2.24) is 0 Å². The Morgan fingerprint density at radius 2 is 1.75 bits per heavy atom. The van der Waals surface area contributed by atoms with Gasteiger partial charge >= 0.3 is 0 Å². The molecule has 142 valence electrons. The molecule has 0 saturated heterocycles. The number of rotatable bonds is 2. The van der Waals surface area contributed by atoms with E-state index in [9.17, 15) is 23.5 Å². The number of carbonyl (C=O) groups is 2. The Morgan fingerprint density at radius 1 is 1.04 bits per heavy atom. The van der Waals surface area contributed by atoms with Gasteiger partial charge in [-0.15, -0.1) is 11.3 Å². The van der Waals surface area contributed by atoms with Crippen LogP contribution in [0, 0.1) is 11.6 Å². The van der Waals surface area contributed by atoms with Gasteiger partial charge in [0.2, 0.25) is 5.78 Å². The van der Waals surface area contributed by atoms with Crippen molar-refractivity contribution in [2.24, 2.45) is 0 Å². The van der Waals surface area contributed by atoms with E-state index in [0.717, 1.165) is 41.7 Å². The maximum atomic E-state index is 15.7. The normalized spacial score (nSPS) is 18.7. The predicted molar refractivity (Wildman–Crippen MR) is 98.5 cm³/mol. The number of Topliss-reactive ketones (excluding diaryl/α,β-unsaturated/α-hetero) is 1. The molecule has 28 heavy (non-hydrogen) atoms. The standard InChI is InChI=1S/C19H9ClF3NO3S/c20-16-13(11-5-4-10(22)7-12(11)25)14-15(26)19(23,18(27)24-17(14)28-16)8-2-1-3-9(21)6-8/h1-7,25H,(H,24,27). The van der Waals surface area contributed by atoms with Crippen LogP contribution in [-0.2, 0) is 10.5 Å². The molecule has 1 unspecified atom stereocenters. The summed E-state index contributed by atoms with van der Waals surface area (Å²) in [5.74, 6) is -4.58. The fraction of sp³-hybridized carbons (Fsp3) is 0.0526. The van der Waals surface area contributed by atoms with Gasteiger partial charge in [-0.25, -0.2) is 13.2 Å². The number of benzene rings is 2. The van der Waals surface area contributed by atoms with Crippen molar-refractivity contribution >= 4 is 39.6 Å². The minimum absolute atomic E-state index is 0.00464. The molecule has 1 aromatic heterocycles. The third-order valence-electron chi connectivity index (χ3n) is 4.40. The molecule has 0 radical (unpaired) electrons. The molecular weight excluding hydrogens is 415 g/mol. The van der Waals surface area contributed by atoms with E-state index >= 15 is 4.39 Å². The number of anilines is 1. The van der Waals surface area contributed by atoms with Crippen LogP contribution >= 0.6 is 22.9 Å². The molecule has 4 rings (SSSR count). The molecule has 1 amide bonds. The fourth-order valence-corrected chi connectivity index (χ4v) is 4.46. The number of phenolic OH excluding ortho intramolecular Hbond substituents is 1. The van der Waals surface area contributed by atoms with Crippen LogP contribution in [-0.4, -0.2) is 16.8 Å². The number of carbonyl (C=O) groups excluding carboxylic acids is 2. The molecule has 2 heterocycles. The summed E-state index contributed by atoms with van der Waals surface area (Å²) in [6.45, 7) is 0. The van der Waals surface area contributed by atoms with Gasteiger partial charge in [0.15, 0.2) is 0 Å². The Hall–Kier alpha value is -2.84. The second-order valence-electron chi connectivity index (χ2n) is 6.07. The Bertz CT molecular complexity index is 1160. The lowest BCUT2D eigenvalue weighted by Crippen LogP contribution is -2.47. The zero-order valence-corrected chi connectivity index (χ0v) is 15.3. The molecule has 1 aliphatic heterocycles. The van der Waals surface area contributed by atoms with E-state index in [2.05, 4.69) is 5.32 Å². The van der Waals surface area contributed by atoms with Gasteiger partial charge in [0, 0.05) is 22.8 Å². The van der Waals surface area contributed by atoms with Gasteiger partial charge in [-0.3, -0.25) is 9.59 Å². The molecule has 4 nitrogen and oxygen atoms in total. The first-order chi connectivity index (χ1) is 13.2. The predicted octanol–water partition coefficient (Wildman–Crippen LogP) is 5.05. The molecular formula is C19H9ClF3NO3S. The molecule has 3 aromatic rings. The van der Waals surface area contributed by atoms with Crippen LogP contribution < -0.4 is 5.32 Å². The van der Waals surface area contributed by atoms with Crippen LogP contribution in [0.1, 0.15) is 15.9 Å². The molecule has 1 atom stereocenters. The van der Waals surface area contributed by atoms with Crippen LogP contribution in [0.25, 0.3) is 11.1 Å². The summed E-state index contributed by atoms with van der Waals surface area (Å²) in [6.07, 6.45) is 0. The zero-order chi connectivity index (χ0) is 20.2. The molecule has 0 aliphatic carbocycles. The molecule has 0 spiro atoms. The summed E-state index contributed by atoms with van der Waals surface area (Å²) in [6, 6.07) is 7.14. The monoisotopic (exact) mass is 423 g/mol. The summed E-state index contributed by atoms with van der Waals surface area (Å²) in [7, 11) is 0. The average molecular weight is 424 g/mol. The van der Waals surface area contributed by atoms with Crippen molar-refractivity contribution in [2.45, 2.75) is 5.67 Å². The number of fused-ring (bicyclic) bond motifs is 1. The average Bonchev–Trinajstić information content (AvgIpc) is 2.95. The van der Waals surface area contributed by atoms with E-state index in [-0.39, 0.29) is 26.0 Å². The maximum absolute atomic E-state index is 15.7. The second-order valence-corrected chi connectivity index (χ2v) is 7.69. The van der Waals surface area contributed by atoms with Crippen molar-refractivity contribution < 1.29 is 27.9 Å². The van der Waals surface area contributed by atoms with E-state index in [4.69, 9.17) is 11.6 Å². The number of phenols is 1. The summed E-state index contributed by atoms with van der Waals surface area (Å²) in [5, 5.41) is 12.3. The number of alkyl halides is 1. The van der Waals surface area contributed by atoms with Gasteiger partial charge in [0.05, 0.1) is 5.56 Å². The largest absolute Gasteiger partial charge is 0.507 e. The van der Waals surface area contributed by atoms with E-state index in [1.165, 1.54) is 12.1 Å². The minimum atomic E-state index is -3.19. The molecule has 2 aromatic carbocycles. The van der Waals surface area contributed by atoms with E-state index in [0.29, 0.717) is 0 Å². The lowest BCUT2D eigenvalue weighted by Gasteiger charge is -2.28. The lowest BCUT2D eigenvalue weighted by molar-refractivity contribution is -0.125. The number of hydrogen-bond acceptors (Lipinski definition) is 4. The molecule has 0 saturated carbocycles. The summed E-state index contributed by atoms with van der Waals surface area (Å²) < 4.78 is 42.6. The zero-order valence-electron chi connectivity index (χ0n) is 13.7. The Labute approximate surface area is 165 Å². The topological polar surface area (TPSA) is 66.4 Å². The van der Waals surface area contributed by atoms with Gasteiger partial charge in [-0.05, 0) is 24.3 Å².